The molecule has 1 atom stereocenters. The quantitative estimate of drug-likeness (QED) is 0.492. The normalized spacial score (nSPS) is 12.9. The Bertz CT molecular complexity index is 216. The molecule has 0 amide bonds. The second-order valence-corrected chi connectivity index (χ2v) is 4.84. The van der Waals surface area contributed by atoms with Gasteiger partial charge in [0, 0.05) is 52.0 Å². The molecule has 0 saturated carbocycles. The molecule has 2 N–H and O–H groups in total. The maximum atomic E-state index is 8.96. The first-order chi connectivity index (χ1) is 9.19. The van der Waals surface area contributed by atoms with Crippen molar-refractivity contribution in [3.63, 3.8) is 0 Å². The Labute approximate surface area is 118 Å². The van der Waals surface area contributed by atoms with Crippen LogP contribution in [0.1, 0.15) is 19.8 Å². The second-order valence-electron chi connectivity index (χ2n) is 4.84. The number of nitrogens with zero attached hydrogens (tertiary/aromatic N) is 2. The molecule has 0 fully saturated rings. The van der Waals surface area contributed by atoms with E-state index in [9.17, 15) is 0 Å². The van der Waals surface area contributed by atoms with Crippen LogP contribution in [0.4, 0.5) is 0 Å². The van der Waals surface area contributed by atoms with Crippen molar-refractivity contribution >= 4 is 0 Å². The van der Waals surface area contributed by atoms with Gasteiger partial charge in [-0.25, -0.2) is 0 Å². The lowest BCUT2D eigenvalue weighted by molar-refractivity contribution is 0.137. The molecule has 4 nitrogen and oxygen atoms in total. The van der Waals surface area contributed by atoms with Gasteiger partial charge in [-0.05, 0) is 19.8 Å². The minimum atomic E-state index is 0.214. The van der Waals surface area contributed by atoms with Crippen LogP contribution in [0.25, 0.3) is 0 Å². The zero-order chi connectivity index (χ0) is 14.5. The summed E-state index contributed by atoms with van der Waals surface area (Å²) < 4.78 is 0. The van der Waals surface area contributed by atoms with Gasteiger partial charge in [0.1, 0.15) is 0 Å². The van der Waals surface area contributed by atoms with E-state index < -0.39 is 0 Å². The fourth-order valence-electron chi connectivity index (χ4n) is 2.18. The standard InChI is InChI=1S/C15H30N2O2/c1-4-8-16(9-5-2)14-15(3)17(10-6-12-18)11-7-13-19/h4-5,15,18-19H,1-2,6-14H2,3H3. The first-order valence-corrected chi connectivity index (χ1v) is 7.09. The van der Waals surface area contributed by atoms with Gasteiger partial charge in [0.25, 0.3) is 0 Å². The summed E-state index contributed by atoms with van der Waals surface area (Å²) >= 11 is 0. The molecule has 0 aromatic carbocycles. The molecule has 0 aliphatic heterocycles. The lowest BCUT2D eigenvalue weighted by Gasteiger charge is -2.32. The van der Waals surface area contributed by atoms with Crippen LogP contribution in [0.5, 0.6) is 0 Å². The van der Waals surface area contributed by atoms with Gasteiger partial charge in [0.05, 0.1) is 0 Å². The molecule has 112 valence electrons. The number of aliphatic hydroxyl groups is 2. The highest BCUT2D eigenvalue weighted by Crippen LogP contribution is 2.05. The van der Waals surface area contributed by atoms with Crippen LogP contribution in [-0.2, 0) is 0 Å². The molecule has 4 heteroatoms. The average molecular weight is 270 g/mol. The molecule has 0 saturated heterocycles. The van der Waals surface area contributed by atoms with Gasteiger partial charge in [-0.3, -0.25) is 9.80 Å². The lowest BCUT2D eigenvalue weighted by Crippen LogP contribution is -2.43. The van der Waals surface area contributed by atoms with Crippen molar-refractivity contribution in [1.82, 2.24) is 9.80 Å². The molecule has 0 spiro atoms. The molecule has 0 aliphatic rings. The van der Waals surface area contributed by atoms with E-state index in [2.05, 4.69) is 29.9 Å². The molecular formula is C15H30N2O2. The van der Waals surface area contributed by atoms with Crippen LogP contribution in [0.2, 0.25) is 0 Å². The number of aliphatic hydroxyl groups excluding tert-OH is 2. The smallest absolute Gasteiger partial charge is 0.0443 e. The van der Waals surface area contributed by atoms with Gasteiger partial charge in [0.15, 0.2) is 0 Å². The Balaban J connectivity index is 4.34. The Morgan fingerprint density at radius 2 is 1.47 bits per heavy atom. The highest BCUT2D eigenvalue weighted by Gasteiger charge is 2.15. The molecular weight excluding hydrogens is 240 g/mol. The third-order valence-electron chi connectivity index (χ3n) is 3.13. The number of rotatable bonds is 13. The van der Waals surface area contributed by atoms with Crippen molar-refractivity contribution in [2.75, 3.05) is 45.9 Å². The summed E-state index contributed by atoms with van der Waals surface area (Å²) in [7, 11) is 0. The predicted octanol–water partition coefficient (Wildman–Crippen LogP) is 1.12. The summed E-state index contributed by atoms with van der Waals surface area (Å²) in [5, 5.41) is 17.9. The Morgan fingerprint density at radius 1 is 1.00 bits per heavy atom. The summed E-state index contributed by atoms with van der Waals surface area (Å²) in [5.74, 6) is 0. The summed E-state index contributed by atoms with van der Waals surface area (Å²) in [6.45, 7) is 14.6. The highest BCUT2D eigenvalue weighted by atomic mass is 16.3. The molecule has 1 unspecified atom stereocenters. The molecule has 0 rings (SSSR count). The van der Waals surface area contributed by atoms with E-state index in [1.165, 1.54) is 0 Å². The summed E-state index contributed by atoms with van der Waals surface area (Å²) in [4.78, 5) is 4.61. The lowest BCUT2D eigenvalue weighted by atomic mass is 10.2. The second kappa shape index (κ2) is 12.4. The third kappa shape index (κ3) is 8.94. The van der Waals surface area contributed by atoms with E-state index in [0.717, 1.165) is 45.6 Å². The summed E-state index contributed by atoms with van der Waals surface area (Å²) in [6, 6.07) is 0.387. The van der Waals surface area contributed by atoms with Crippen molar-refractivity contribution in [3.05, 3.63) is 25.3 Å². The fourth-order valence-corrected chi connectivity index (χ4v) is 2.18. The molecule has 0 aliphatic carbocycles. The van der Waals surface area contributed by atoms with Crippen molar-refractivity contribution in [2.45, 2.75) is 25.8 Å². The largest absolute Gasteiger partial charge is 0.396 e. The van der Waals surface area contributed by atoms with Crippen LogP contribution < -0.4 is 0 Å². The fraction of sp³-hybridized carbons (Fsp3) is 0.733. The van der Waals surface area contributed by atoms with Gasteiger partial charge in [-0.15, -0.1) is 13.2 Å². The van der Waals surface area contributed by atoms with Gasteiger partial charge < -0.3 is 10.2 Å². The summed E-state index contributed by atoms with van der Waals surface area (Å²) in [5.41, 5.74) is 0. The molecule has 0 heterocycles. The van der Waals surface area contributed by atoms with Gasteiger partial charge in [-0.1, -0.05) is 12.2 Å². The minimum absolute atomic E-state index is 0.214. The first kappa shape index (κ1) is 18.3. The third-order valence-corrected chi connectivity index (χ3v) is 3.13. The van der Waals surface area contributed by atoms with Crippen molar-refractivity contribution in [3.8, 4) is 0 Å². The zero-order valence-electron chi connectivity index (χ0n) is 12.3. The van der Waals surface area contributed by atoms with E-state index in [1.807, 2.05) is 12.2 Å². The van der Waals surface area contributed by atoms with E-state index in [4.69, 9.17) is 10.2 Å². The predicted molar refractivity (Wildman–Crippen MR) is 81.3 cm³/mol. The van der Waals surface area contributed by atoms with E-state index in [-0.39, 0.29) is 13.2 Å². The minimum Gasteiger partial charge on any atom is -0.396 e. The SMILES string of the molecule is C=CCN(CC=C)CC(C)N(CCCO)CCCO. The van der Waals surface area contributed by atoms with Crippen molar-refractivity contribution in [1.29, 1.82) is 0 Å². The van der Waals surface area contributed by atoms with Gasteiger partial charge in [-0.2, -0.15) is 0 Å². The van der Waals surface area contributed by atoms with E-state index in [1.54, 1.807) is 0 Å². The van der Waals surface area contributed by atoms with Crippen LogP contribution in [0.3, 0.4) is 0 Å². The maximum absolute atomic E-state index is 8.96. The molecule has 19 heavy (non-hydrogen) atoms. The zero-order valence-corrected chi connectivity index (χ0v) is 12.3. The first-order valence-electron chi connectivity index (χ1n) is 7.09. The average Bonchev–Trinajstić information content (AvgIpc) is 2.39. The van der Waals surface area contributed by atoms with Crippen molar-refractivity contribution in [2.24, 2.45) is 0 Å². The Morgan fingerprint density at radius 3 is 1.84 bits per heavy atom. The highest BCUT2D eigenvalue weighted by molar-refractivity contribution is 4.82. The maximum Gasteiger partial charge on any atom is 0.0443 e. The molecule has 0 aromatic heterocycles. The van der Waals surface area contributed by atoms with Crippen molar-refractivity contribution < 1.29 is 10.2 Å². The van der Waals surface area contributed by atoms with E-state index in [0.29, 0.717) is 6.04 Å². The van der Waals surface area contributed by atoms with Gasteiger partial charge in [0.2, 0.25) is 0 Å². The topological polar surface area (TPSA) is 46.9 Å². The molecule has 0 bridgehead atoms. The monoisotopic (exact) mass is 270 g/mol. The van der Waals surface area contributed by atoms with E-state index >= 15 is 0 Å². The van der Waals surface area contributed by atoms with Crippen LogP contribution in [0.15, 0.2) is 25.3 Å². The number of hydrogen-bond donors (Lipinski definition) is 2. The Hall–Kier alpha value is -0.680. The Kier molecular flexibility index (Phi) is 11.9. The van der Waals surface area contributed by atoms with Crippen LogP contribution in [0, 0.1) is 0 Å². The van der Waals surface area contributed by atoms with Gasteiger partial charge >= 0.3 is 0 Å². The molecule has 0 aromatic rings. The summed E-state index contributed by atoms with van der Waals surface area (Å²) in [6.07, 6.45) is 5.36. The number of hydrogen-bond acceptors (Lipinski definition) is 4. The molecule has 0 radical (unpaired) electrons. The van der Waals surface area contributed by atoms with Crippen LogP contribution >= 0.6 is 0 Å². The van der Waals surface area contributed by atoms with Crippen LogP contribution in [-0.4, -0.2) is 72.0 Å².